The van der Waals surface area contributed by atoms with E-state index in [1.54, 1.807) is 25.1 Å². The molecule has 0 aromatic carbocycles. The van der Waals surface area contributed by atoms with Gasteiger partial charge in [0, 0.05) is 0 Å². The van der Waals surface area contributed by atoms with Crippen molar-refractivity contribution >= 4 is 11.9 Å². The van der Waals surface area contributed by atoms with E-state index >= 15 is 0 Å². The number of pyridine rings is 1. The van der Waals surface area contributed by atoms with Crippen molar-refractivity contribution in [2.75, 3.05) is 6.61 Å². The maximum Gasteiger partial charge on any atom is 0.357 e. The third kappa shape index (κ3) is 3.44. The minimum absolute atomic E-state index is 0.0111. The van der Waals surface area contributed by atoms with Crippen molar-refractivity contribution in [3.63, 3.8) is 0 Å². The predicted octanol–water partition coefficient (Wildman–Crippen LogP) is 2.21. The molecule has 0 saturated heterocycles. The second kappa shape index (κ2) is 6.51. The average Bonchev–Trinajstić information content (AvgIpc) is 2.98. The van der Waals surface area contributed by atoms with E-state index in [0.717, 1.165) is 0 Å². The monoisotopic (exact) mass is 275 g/mol. The largest absolute Gasteiger partial charge is 0.466 e. The number of rotatable bonds is 5. The van der Waals surface area contributed by atoms with Crippen molar-refractivity contribution in [3.8, 4) is 0 Å². The Kier molecular flexibility index (Phi) is 4.49. The molecule has 0 unspecified atom stereocenters. The van der Waals surface area contributed by atoms with Gasteiger partial charge in [0.25, 0.3) is 0 Å². The molecule has 0 spiro atoms. The number of ether oxygens (including phenoxy) is 2. The molecule has 6 nitrogen and oxygen atoms in total. The average molecular weight is 275 g/mol. The Hall–Kier alpha value is -2.63. The number of carbonyl (C=O) groups excluding carboxylic acids is 2. The van der Waals surface area contributed by atoms with Crippen LogP contribution in [0.1, 0.15) is 33.7 Å². The SMILES string of the molecule is CCOC(=O)c1cccc(C(=O)OCc2ccco2)n1. The van der Waals surface area contributed by atoms with Crippen LogP contribution in [-0.2, 0) is 16.1 Å². The first-order valence-electron chi connectivity index (χ1n) is 6.04. The van der Waals surface area contributed by atoms with E-state index in [1.807, 2.05) is 0 Å². The summed E-state index contributed by atoms with van der Waals surface area (Å²) >= 11 is 0. The van der Waals surface area contributed by atoms with Crippen LogP contribution in [0.5, 0.6) is 0 Å². The van der Waals surface area contributed by atoms with Gasteiger partial charge in [-0.1, -0.05) is 6.07 Å². The quantitative estimate of drug-likeness (QED) is 0.778. The highest BCUT2D eigenvalue weighted by Gasteiger charge is 2.14. The Morgan fingerprint density at radius 2 is 1.80 bits per heavy atom. The van der Waals surface area contributed by atoms with Crippen LogP contribution in [0.4, 0.5) is 0 Å². The molecule has 0 aliphatic carbocycles. The number of aromatic nitrogens is 1. The molecule has 0 fully saturated rings. The number of furan rings is 1. The fraction of sp³-hybridized carbons (Fsp3) is 0.214. The predicted molar refractivity (Wildman–Crippen MR) is 68.0 cm³/mol. The van der Waals surface area contributed by atoms with Crippen molar-refractivity contribution in [2.24, 2.45) is 0 Å². The van der Waals surface area contributed by atoms with Crippen LogP contribution >= 0.6 is 0 Å². The number of esters is 2. The van der Waals surface area contributed by atoms with E-state index < -0.39 is 11.9 Å². The van der Waals surface area contributed by atoms with E-state index in [9.17, 15) is 9.59 Å². The molecule has 104 valence electrons. The molecule has 0 aliphatic rings. The molecule has 6 heteroatoms. The summed E-state index contributed by atoms with van der Waals surface area (Å²) in [6.45, 7) is 1.95. The number of hydrogen-bond acceptors (Lipinski definition) is 6. The second-order valence-electron chi connectivity index (χ2n) is 3.78. The molecule has 0 radical (unpaired) electrons. The Labute approximate surface area is 115 Å². The number of nitrogens with zero attached hydrogens (tertiary/aromatic N) is 1. The van der Waals surface area contributed by atoms with Crippen LogP contribution in [-0.4, -0.2) is 23.5 Å². The van der Waals surface area contributed by atoms with E-state index in [2.05, 4.69) is 4.98 Å². The molecule has 0 N–H and O–H groups in total. The van der Waals surface area contributed by atoms with Gasteiger partial charge in [-0.2, -0.15) is 0 Å². The molecular weight excluding hydrogens is 262 g/mol. The minimum Gasteiger partial charge on any atom is -0.466 e. The van der Waals surface area contributed by atoms with Crippen molar-refractivity contribution < 1.29 is 23.5 Å². The van der Waals surface area contributed by atoms with Crippen LogP contribution in [0, 0.1) is 0 Å². The summed E-state index contributed by atoms with van der Waals surface area (Å²) in [5, 5.41) is 0. The van der Waals surface area contributed by atoms with Crippen LogP contribution in [0.25, 0.3) is 0 Å². The van der Waals surface area contributed by atoms with Crippen molar-refractivity contribution in [2.45, 2.75) is 13.5 Å². The van der Waals surface area contributed by atoms with E-state index in [-0.39, 0.29) is 24.6 Å². The maximum absolute atomic E-state index is 11.8. The van der Waals surface area contributed by atoms with Crippen molar-refractivity contribution in [3.05, 3.63) is 53.7 Å². The zero-order valence-corrected chi connectivity index (χ0v) is 10.9. The summed E-state index contributed by atoms with van der Waals surface area (Å²) in [6, 6.07) is 7.87. The smallest absolute Gasteiger partial charge is 0.357 e. The molecule has 0 bridgehead atoms. The number of hydrogen-bond donors (Lipinski definition) is 0. The molecule has 0 atom stereocenters. The summed E-state index contributed by atoms with van der Waals surface area (Å²) in [6.07, 6.45) is 1.49. The molecule has 2 rings (SSSR count). The first-order valence-corrected chi connectivity index (χ1v) is 6.04. The lowest BCUT2D eigenvalue weighted by Crippen LogP contribution is -2.12. The summed E-state index contributed by atoms with van der Waals surface area (Å²) in [5.41, 5.74) is 0.112. The van der Waals surface area contributed by atoms with Gasteiger partial charge in [0.2, 0.25) is 0 Å². The first-order chi connectivity index (χ1) is 9.70. The van der Waals surface area contributed by atoms with Crippen LogP contribution in [0.15, 0.2) is 41.0 Å². The molecular formula is C14H13NO5. The Morgan fingerprint density at radius 1 is 1.10 bits per heavy atom. The molecule has 2 aromatic heterocycles. The normalized spacial score (nSPS) is 10.1. The van der Waals surface area contributed by atoms with Crippen molar-refractivity contribution in [1.82, 2.24) is 4.98 Å². The van der Waals surface area contributed by atoms with Gasteiger partial charge >= 0.3 is 11.9 Å². The summed E-state index contributed by atoms with van der Waals surface area (Å²) < 4.78 is 14.9. The minimum atomic E-state index is -0.632. The van der Waals surface area contributed by atoms with Gasteiger partial charge in [0.1, 0.15) is 23.8 Å². The van der Waals surface area contributed by atoms with Crippen LogP contribution in [0.2, 0.25) is 0 Å². The highest BCUT2D eigenvalue weighted by Crippen LogP contribution is 2.07. The fourth-order valence-corrected chi connectivity index (χ4v) is 1.47. The Balaban J connectivity index is 2.02. The summed E-state index contributed by atoms with van der Waals surface area (Å²) in [4.78, 5) is 27.2. The third-order valence-corrected chi connectivity index (χ3v) is 2.37. The molecule has 2 heterocycles. The van der Waals surface area contributed by atoms with Gasteiger partial charge in [-0.05, 0) is 31.2 Å². The highest BCUT2D eigenvalue weighted by molar-refractivity contribution is 5.91. The maximum atomic E-state index is 11.8. The molecule has 0 saturated carbocycles. The van der Waals surface area contributed by atoms with E-state index in [4.69, 9.17) is 13.9 Å². The lowest BCUT2D eigenvalue weighted by Gasteiger charge is -2.04. The Morgan fingerprint density at radius 3 is 2.40 bits per heavy atom. The van der Waals surface area contributed by atoms with Gasteiger partial charge < -0.3 is 13.9 Å². The number of carbonyl (C=O) groups is 2. The van der Waals surface area contributed by atoms with Crippen LogP contribution in [0.3, 0.4) is 0 Å². The first kappa shape index (κ1) is 13.8. The fourth-order valence-electron chi connectivity index (χ4n) is 1.47. The standard InChI is InChI=1S/C14H13NO5/c1-2-18-13(16)11-6-3-7-12(15-11)14(17)20-9-10-5-4-8-19-10/h3-8H,2,9H2,1H3. The summed E-state index contributed by atoms with van der Waals surface area (Å²) in [7, 11) is 0. The van der Waals surface area contributed by atoms with Gasteiger partial charge in [-0.3, -0.25) is 0 Å². The zero-order chi connectivity index (χ0) is 14.4. The van der Waals surface area contributed by atoms with Gasteiger partial charge in [-0.25, -0.2) is 14.6 Å². The molecule has 0 aliphatic heterocycles. The summed E-state index contributed by atoms with van der Waals surface area (Å²) in [5.74, 6) is -0.680. The molecule has 0 amide bonds. The lowest BCUT2D eigenvalue weighted by atomic mass is 10.3. The highest BCUT2D eigenvalue weighted by atomic mass is 16.5. The van der Waals surface area contributed by atoms with E-state index in [0.29, 0.717) is 5.76 Å². The van der Waals surface area contributed by atoms with Gasteiger partial charge in [0.05, 0.1) is 12.9 Å². The molecule has 2 aromatic rings. The Bertz CT molecular complexity index is 591. The second-order valence-corrected chi connectivity index (χ2v) is 3.78. The van der Waals surface area contributed by atoms with Crippen molar-refractivity contribution in [1.29, 1.82) is 0 Å². The van der Waals surface area contributed by atoms with Crippen LogP contribution < -0.4 is 0 Å². The van der Waals surface area contributed by atoms with E-state index in [1.165, 1.54) is 18.4 Å². The van der Waals surface area contributed by atoms with Gasteiger partial charge in [-0.15, -0.1) is 0 Å². The van der Waals surface area contributed by atoms with Gasteiger partial charge in [0.15, 0.2) is 0 Å². The molecule has 20 heavy (non-hydrogen) atoms. The lowest BCUT2D eigenvalue weighted by molar-refractivity contribution is 0.0437. The zero-order valence-electron chi connectivity index (χ0n) is 10.9. The third-order valence-electron chi connectivity index (χ3n) is 2.37. The topological polar surface area (TPSA) is 78.6 Å².